The van der Waals surface area contributed by atoms with E-state index in [0.717, 1.165) is 29.3 Å². The van der Waals surface area contributed by atoms with Crippen molar-refractivity contribution < 1.29 is 31.6 Å². The average molecular weight is 665 g/mol. The number of imide groups is 1. The van der Waals surface area contributed by atoms with Crippen molar-refractivity contribution in [3.05, 3.63) is 95.1 Å². The normalized spacial score (nSPS) is 17.8. The number of piperazine rings is 1. The van der Waals surface area contributed by atoms with Gasteiger partial charge in [0.05, 0.1) is 10.8 Å². The van der Waals surface area contributed by atoms with Gasteiger partial charge in [0.1, 0.15) is 17.2 Å². The molecule has 244 valence electrons. The molecular weight excluding hydrogens is 634 g/mol. The van der Waals surface area contributed by atoms with E-state index in [2.05, 4.69) is 25.6 Å². The molecule has 3 aromatic carbocycles. The highest BCUT2D eigenvalue weighted by Crippen LogP contribution is 2.26. The number of carbonyl (C=O) groups is 3. The van der Waals surface area contributed by atoms with Gasteiger partial charge in [-0.2, -0.15) is 14.0 Å². The summed E-state index contributed by atoms with van der Waals surface area (Å²) in [5, 5.41) is 9.09. The van der Waals surface area contributed by atoms with Crippen molar-refractivity contribution in [2.75, 3.05) is 37.2 Å². The SMILES string of the molecule is Nc1nc(Nc2ccc(S(=O)(=O)N3CCN(Cc4ccc(C5CCC(=O)NC5=O)cc4)CC3)cc2)nn1C(=O)c1c(F)cccc1F. The maximum atomic E-state index is 14.1. The van der Waals surface area contributed by atoms with Gasteiger partial charge in [-0.3, -0.25) is 24.6 Å². The number of benzene rings is 3. The molecule has 0 spiro atoms. The lowest BCUT2D eigenvalue weighted by Gasteiger charge is -2.34. The number of hydrogen-bond donors (Lipinski definition) is 3. The van der Waals surface area contributed by atoms with Gasteiger partial charge in [-0.1, -0.05) is 30.3 Å². The largest absolute Gasteiger partial charge is 0.368 e. The summed E-state index contributed by atoms with van der Waals surface area (Å²) in [6.07, 6.45) is 0.805. The summed E-state index contributed by atoms with van der Waals surface area (Å²) in [7, 11) is -3.78. The molecule has 16 heteroatoms. The van der Waals surface area contributed by atoms with E-state index in [9.17, 15) is 31.6 Å². The molecule has 1 aromatic heterocycles. The van der Waals surface area contributed by atoms with Gasteiger partial charge in [0.25, 0.3) is 5.91 Å². The van der Waals surface area contributed by atoms with Gasteiger partial charge in [-0.05, 0) is 53.9 Å². The number of nitrogen functional groups attached to an aromatic ring is 1. The van der Waals surface area contributed by atoms with E-state index in [4.69, 9.17) is 5.73 Å². The minimum Gasteiger partial charge on any atom is -0.368 e. The number of rotatable bonds is 8. The van der Waals surface area contributed by atoms with E-state index < -0.39 is 39.1 Å². The third kappa shape index (κ3) is 6.74. The van der Waals surface area contributed by atoms with Crippen LogP contribution in [-0.2, 0) is 26.2 Å². The maximum absolute atomic E-state index is 14.1. The monoisotopic (exact) mass is 664 g/mol. The fourth-order valence-electron chi connectivity index (χ4n) is 5.58. The molecule has 2 saturated heterocycles. The van der Waals surface area contributed by atoms with Crippen LogP contribution in [0.15, 0.2) is 71.6 Å². The highest BCUT2D eigenvalue weighted by atomic mass is 32.2. The molecule has 47 heavy (non-hydrogen) atoms. The highest BCUT2D eigenvalue weighted by molar-refractivity contribution is 7.89. The van der Waals surface area contributed by atoms with Gasteiger partial charge in [0, 0.05) is 44.8 Å². The van der Waals surface area contributed by atoms with Crippen molar-refractivity contribution in [3.63, 3.8) is 0 Å². The van der Waals surface area contributed by atoms with Crippen LogP contribution in [0.4, 0.5) is 26.4 Å². The van der Waals surface area contributed by atoms with Crippen LogP contribution in [-0.4, -0.2) is 76.3 Å². The third-order valence-electron chi connectivity index (χ3n) is 8.11. The molecule has 0 aliphatic carbocycles. The Labute approximate surface area is 268 Å². The van der Waals surface area contributed by atoms with Crippen molar-refractivity contribution in [3.8, 4) is 0 Å². The number of anilines is 3. The number of nitrogens with two attached hydrogens (primary N) is 1. The van der Waals surface area contributed by atoms with Crippen LogP contribution in [0.3, 0.4) is 0 Å². The first kappa shape index (κ1) is 31.9. The summed E-state index contributed by atoms with van der Waals surface area (Å²) < 4.78 is 56.9. The Morgan fingerprint density at radius 1 is 0.957 bits per heavy atom. The first-order valence-electron chi connectivity index (χ1n) is 14.7. The van der Waals surface area contributed by atoms with E-state index in [1.807, 2.05) is 24.3 Å². The number of hydrogen-bond acceptors (Lipinski definition) is 10. The van der Waals surface area contributed by atoms with Gasteiger partial charge in [0.15, 0.2) is 0 Å². The number of sulfonamides is 1. The molecule has 0 bridgehead atoms. The zero-order valence-electron chi connectivity index (χ0n) is 24.9. The first-order chi connectivity index (χ1) is 22.5. The van der Waals surface area contributed by atoms with E-state index in [0.29, 0.717) is 55.9 Å². The molecule has 1 unspecified atom stereocenters. The molecule has 6 rings (SSSR count). The van der Waals surface area contributed by atoms with E-state index >= 15 is 0 Å². The molecule has 2 aliphatic rings. The summed E-state index contributed by atoms with van der Waals surface area (Å²) in [6, 6.07) is 16.5. The molecular formula is C31H30F2N8O5S. The van der Waals surface area contributed by atoms with Crippen LogP contribution in [0.1, 0.15) is 40.2 Å². The molecule has 2 fully saturated rings. The molecule has 1 atom stereocenters. The minimum absolute atomic E-state index is 0.0868. The predicted octanol–water partition coefficient (Wildman–Crippen LogP) is 2.60. The summed E-state index contributed by atoms with van der Waals surface area (Å²) in [6.45, 7) is 2.28. The number of carbonyl (C=O) groups excluding carboxylic acids is 3. The fourth-order valence-corrected chi connectivity index (χ4v) is 7.00. The summed E-state index contributed by atoms with van der Waals surface area (Å²) >= 11 is 0. The molecule has 4 N–H and O–H groups in total. The molecule has 2 aliphatic heterocycles. The van der Waals surface area contributed by atoms with Crippen LogP contribution in [0, 0.1) is 11.6 Å². The number of nitrogens with one attached hydrogen (secondary N) is 2. The maximum Gasteiger partial charge on any atom is 0.287 e. The second-order valence-corrected chi connectivity index (χ2v) is 13.1. The highest BCUT2D eigenvalue weighted by Gasteiger charge is 2.30. The topological polar surface area (TPSA) is 173 Å². The van der Waals surface area contributed by atoms with Gasteiger partial charge in [-0.25, -0.2) is 17.2 Å². The average Bonchev–Trinajstić information content (AvgIpc) is 3.41. The quantitative estimate of drug-likeness (QED) is 0.238. The van der Waals surface area contributed by atoms with Crippen molar-refractivity contribution in [1.82, 2.24) is 29.3 Å². The van der Waals surface area contributed by atoms with E-state index in [-0.39, 0.29) is 28.6 Å². The Bertz CT molecular complexity index is 1920. The van der Waals surface area contributed by atoms with Crippen LogP contribution in [0.2, 0.25) is 0 Å². The van der Waals surface area contributed by atoms with Crippen LogP contribution < -0.4 is 16.4 Å². The number of halogens is 2. The number of piperidine rings is 1. The molecule has 13 nitrogen and oxygen atoms in total. The fraction of sp³-hybridized carbons (Fsp3) is 0.258. The number of amides is 2. The zero-order valence-corrected chi connectivity index (χ0v) is 25.7. The zero-order chi connectivity index (χ0) is 33.3. The molecule has 3 heterocycles. The second kappa shape index (κ2) is 13.0. The van der Waals surface area contributed by atoms with Gasteiger partial charge >= 0.3 is 0 Å². The standard InChI is InChI=1S/C31H30F2N8O5S/c32-24-2-1-3-25(33)27(24)29(44)41-30(34)37-31(38-41)35-21-8-10-22(11-9-21)47(45,46)40-16-14-39(15-17-40)18-19-4-6-20(7-5-19)23-12-13-26(42)36-28(23)43/h1-11,23H,12-18H2,(H,36,42,43)(H3,34,35,37,38). The van der Waals surface area contributed by atoms with Gasteiger partial charge in [-0.15, -0.1) is 5.10 Å². The van der Waals surface area contributed by atoms with Gasteiger partial charge in [0.2, 0.25) is 33.7 Å². The van der Waals surface area contributed by atoms with E-state index in [1.54, 1.807) is 0 Å². The summed E-state index contributed by atoms with van der Waals surface area (Å²) in [4.78, 5) is 42.4. The Morgan fingerprint density at radius 2 is 1.62 bits per heavy atom. The predicted molar refractivity (Wildman–Crippen MR) is 166 cm³/mol. The van der Waals surface area contributed by atoms with Crippen molar-refractivity contribution >= 4 is 45.3 Å². The lowest BCUT2D eigenvalue weighted by Crippen LogP contribution is -2.48. The Balaban J connectivity index is 1.04. The number of aromatic nitrogens is 3. The molecule has 0 radical (unpaired) electrons. The molecule has 4 aromatic rings. The third-order valence-corrected chi connectivity index (χ3v) is 10.0. The second-order valence-electron chi connectivity index (χ2n) is 11.2. The summed E-state index contributed by atoms with van der Waals surface area (Å²) in [5.41, 5.74) is 7.22. The van der Waals surface area contributed by atoms with Crippen LogP contribution >= 0.6 is 0 Å². The van der Waals surface area contributed by atoms with E-state index in [1.165, 1.54) is 28.6 Å². The smallest absolute Gasteiger partial charge is 0.287 e. The van der Waals surface area contributed by atoms with Crippen LogP contribution in [0.5, 0.6) is 0 Å². The summed E-state index contributed by atoms with van der Waals surface area (Å²) in [5.74, 6) is -4.69. The van der Waals surface area contributed by atoms with Crippen molar-refractivity contribution in [2.24, 2.45) is 0 Å². The van der Waals surface area contributed by atoms with Gasteiger partial charge < -0.3 is 11.1 Å². The number of nitrogens with zero attached hydrogens (tertiary/aromatic N) is 5. The Kier molecular flexibility index (Phi) is 8.81. The molecule has 0 saturated carbocycles. The van der Waals surface area contributed by atoms with Crippen molar-refractivity contribution in [2.45, 2.75) is 30.2 Å². The van der Waals surface area contributed by atoms with Crippen LogP contribution in [0.25, 0.3) is 0 Å². The molecule has 2 amide bonds. The minimum atomic E-state index is -3.78. The Morgan fingerprint density at radius 3 is 2.26 bits per heavy atom. The lowest BCUT2D eigenvalue weighted by molar-refractivity contribution is -0.134. The van der Waals surface area contributed by atoms with Crippen molar-refractivity contribution in [1.29, 1.82) is 0 Å². The lowest BCUT2D eigenvalue weighted by atomic mass is 9.90. The Hall–Kier alpha value is -5.06. The first-order valence-corrected chi connectivity index (χ1v) is 16.2.